The molecule has 0 bridgehead atoms. The first-order valence-electron chi connectivity index (χ1n) is 6.04. The molecule has 0 amide bonds. The normalized spacial score (nSPS) is 10.9. The standard InChI is InChI=1S/C13H13BrF3N3/c1-3-20-11(12(14)7(2)19-20)6-18-13-9(16)4-8(15)5-10(13)17/h4-5,18H,3,6H2,1-2H3. The number of rotatable bonds is 4. The fourth-order valence-corrected chi connectivity index (χ4v) is 2.35. The molecule has 108 valence electrons. The molecule has 0 fully saturated rings. The molecule has 1 aromatic heterocycles. The third kappa shape index (κ3) is 2.82. The molecule has 0 saturated heterocycles. The van der Waals surface area contributed by atoms with Crippen LogP contribution in [0.5, 0.6) is 0 Å². The van der Waals surface area contributed by atoms with Crippen molar-refractivity contribution in [3.8, 4) is 0 Å². The topological polar surface area (TPSA) is 29.9 Å². The average Bonchev–Trinajstić information content (AvgIpc) is 2.64. The summed E-state index contributed by atoms with van der Waals surface area (Å²) in [7, 11) is 0. The van der Waals surface area contributed by atoms with Crippen LogP contribution in [-0.2, 0) is 13.1 Å². The molecule has 3 nitrogen and oxygen atoms in total. The fourth-order valence-electron chi connectivity index (χ4n) is 1.92. The van der Waals surface area contributed by atoms with Crippen molar-refractivity contribution in [2.75, 3.05) is 5.32 Å². The highest BCUT2D eigenvalue weighted by Gasteiger charge is 2.15. The molecule has 20 heavy (non-hydrogen) atoms. The van der Waals surface area contributed by atoms with Gasteiger partial charge < -0.3 is 5.32 Å². The maximum atomic E-state index is 13.5. The Bertz CT molecular complexity index is 617. The number of halogens is 4. The van der Waals surface area contributed by atoms with Gasteiger partial charge in [0, 0.05) is 18.7 Å². The second kappa shape index (κ2) is 5.87. The van der Waals surface area contributed by atoms with Crippen molar-refractivity contribution in [2.45, 2.75) is 26.9 Å². The maximum Gasteiger partial charge on any atom is 0.152 e. The van der Waals surface area contributed by atoms with E-state index in [9.17, 15) is 13.2 Å². The highest BCUT2D eigenvalue weighted by molar-refractivity contribution is 9.10. The molecule has 2 rings (SSSR count). The van der Waals surface area contributed by atoms with E-state index in [1.54, 1.807) is 4.68 Å². The van der Waals surface area contributed by atoms with Gasteiger partial charge in [0.1, 0.15) is 11.5 Å². The zero-order valence-electron chi connectivity index (χ0n) is 11.0. The summed E-state index contributed by atoms with van der Waals surface area (Å²) < 4.78 is 42.4. The number of benzene rings is 1. The van der Waals surface area contributed by atoms with Gasteiger partial charge in [-0.1, -0.05) is 0 Å². The molecule has 1 aromatic carbocycles. The number of hydrogen-bond donors (Lipinski definition) is 1. The van der Waals surface area contributed by atoms with Crippen molar-refractivity contribution in [1.82, 2.24) is 9.78 Å². The van der Waals surface area contributed by atoms with E-state index >= 15 is 0 Å². The number of aryl methyl sites for hydroxylation is 2. The van der Waals surface area contributed by atoms with Crippen molar-refractivity contribution < 1.29 is 13.2 Å². The lowest BCUT2D eigenvalue weighted by molar-refractivity contribution is 0.546. The number of aromatic nitrogens is 2. The van der Waals surface area contributed by atoms with E-state index in [2.05, 4.69) is 26.3 Å². The molecule has 0 radical (unpaired) electrons. The summed E-state index contributed by atoms with van der Waals surface area (Å²) in [6.45, 7) is 4.56. The van der Waals surface area contributed by atoms with Crippen LogP contribution in [0.1, 0.15) is 18.3 Å². The molecule has 0 aliphatic rings. The minimum atomic E-state index is -0.960. The van der Waals surface area contributed by atoms with Gasteiger partial charge in [0.15, 0.2) is 11.6 Å². The van der Waals surface area contributed by atoms with Gasteiger partial charge in [0.25, 0.3) is 0 Å². The minimum absolute atomic E-state index is 0.175. The quantitative estimate of drug-likeness (QED) is 0.905. The van der Waals surface area contributed by atoms with E-state index in [4.69, 9.17) is 0 Å². The number of nitrogens with zero attached hydrogens (tertiary/aromatic N) is 2. The van der Waals surface area contributed by atoms with Gasteiger partial charge in [-0.05, 0) is 29.8 Å². The molecule has 0 saturated carbocycles. The van der Waals surface area contributed by atoms with Crippen LogP contribution in [0.25, 0.3) is 0 Å². The summed E-state index contributed by atoms with van der Waals surface area (Å²) in [6.07, 6.45) is 0. The van der Waals surface area contributed by atoms with E-state index in [0.717, 1.165) is 15.9 Å². The van der Waals surface area contributed by atoms with Gasteiger partial charge in [-0.15, -0.1) is 0 Å². The second-order valence-electron chi connectivity index (χ2n) is 4.26. The first-order chi connectivity index (χ1) is 9.43. The molecular formula is C13H13BrF3N3. The largest absolute Gasteiger partial charge is 0.375 e. The van der Waals surface area contributed by atoms with Crippen LogP contribution in [0.3, 0.4) is 0 Å². The first-order valence-corrected chi connectivity index (χ1v) is 6.83. The van der Waals surface area contributed by atoms with Crippen LogP contribution >= 0.6 is 15.9 Å². The van der Waals surface area contributed by atoms with Gasteiger partial charge in [0.2, 0.25) is 0 Å². The van der Waals surface area contributed by atoms with Crippen molar-refractivity contribution in [2.24, 2.45) is 0 Å². The van der Waals surface area contributed by atoms with Gasteiger partial charge in [-0.25, -0.2) is 13.2 Å². The van der Waals surface area contributed by atoms with Gasteiger partial charge in [-0.3, -0.25) is 4.68 Å². The van der Waals surface area contributed by atoms with E-state index in [1.807, 2.05) is 13.8 Å². The Morgan fingerprint density at radius 1 is 1.25 bits per heavy atom. The van der Waals surface area contributed by atoms with E-state index in [0.29, 0.717) is 18.7 Å². The Morgan fingerprint density at radius 3 is 2.40 bits per heavy atom. The molecule has 0 atom stereocenters. The SMILES string of the molecule is CCn1nc(C)c(Br)c1CNc1c(F)cc(F)cc1F. The third-order valence-electron chi connectivity index (χ3n) is 2.89. The monoisotopic (exact) mass is 347 g/mol. The lowest BCUT2D eigenvalue weighted by Crippen LogP contribution is -2.10. The number of anilines is 1. The van der Waals surface area contributed by atoms with Crippen LogP contribution in [0.4, 0.5) is 18.9 Å². The van der Waals surface area contributed by atoms with Crippen LogP contribution in [-0.4, -0.2) is 9.78 Å². The highest BCUT2D eigenvalue weighted by atomic mass is 79.9. The molecule has 2 aromatic rings. The van der Waals surface area contributed by atoms with E-state index in [1.165, 1.54) is 0 Å². The molecule has 1 N–H and O–H groups in total. The highest BCUT2D eigenvalue weighted by Crippen LogP contribution is 2.24. The van der Waals surface area contributed by atoms with Crippen LogP contribution in [0.2, 0.25) is 0 Å². The van der Waals surface area contributed by atoms with Crippen molar-refractivity contribution in [3.63, 3.8) is 0 Å². The molecule has 1 heterocycles. The number of nitrogens with one attached hydrogen (secondary N) is 1. The van der Waals surface area contributed by atoms with Gasteiger partial charge >= 0.3 is 0 Å². The molecule has 0 aliphatic heterocycles. The second-order valence-corrected chi connectivity index (χ2v) is 5.05. The zero-order chi connectivity index (χ0) is 14.9. The van der Waals surface area contributed by atoms with Crippen molar-refractivity contribution in [1.29, 1.82) is 0 Å². The van der Waals surface area contributed by atoms with E-state index in [-0.39, 0.29) is 12.2 Å². The van der Waals surface area contributed by atoms with Gasteiger partial charge in [0.05, 0.1) is 22.4 Å². The average molecular weight is 348 g/mol. The molecule has 0 aliphatic carbocycles. The first kappa shape index (κ1) is 14.9. The summed E-state index contributed by atoms with van der Waals surface area (Å²) >= 11 is 3.39. The van der Waals surface area contributed by atoms with Crippen LogP contribution in [0, 0.1) is 24.4 Å². The van der Waals surface area contributed by atoms with E-state index < -0.39 is 17.5 Å². The predicted molar refractivity (Wildman–Crippen MR) is 74.0 cm³/mol. The Morgan fingerprint density at radius 2 is 1.85 bits per heavy atom. The lowest BCUT2D eigenvalue weighted by Gasteiger charge is -2.10. The predicted octanol–water partition coefficient (Wildman–Crippen LogP) is 4.00. The Hall–Kier alpha value is -1.50. The third-order valence-corrected chi connectivity index (χ3v) is 3.92. The Balaban J connectivity index is 2.26. The maximum absolute atomic E-state index is 13.5. The molecular weight excluding hydrogens is 335 g/mol. The zero-order valence-corrected chi connectivity index (χ0v) is 12.6. The van der Waals surface area contributed by atoms with Crippen LogP contribution < -0.4 is 5.32 Å². The number of hydrogen-bond acceptors (Lipinski definition) is 2. The molecule has 0 unspecified atom stereocenters. The minimum Gasteiger partial charge on any atom is -0.375 e. The summed E-state index contributed by atoms with van der Waals surface area (Å²) in [5, 5.41) is 6.93. The summed E-state index contributed by atoms with van der Waals surface area (Å²) in [4.78, 5) is 0. The Kier molecular flexibility index (Phi) is 4.37. The smallest absolute Gasteiger partial charge is 0.152 e. The van der Waals surface area contributed by atoms with Crippen LogP contribution in [0.15, 0.2) is 16.6 Å². The summed E-state index contributed by atoms with van der Waals surface area (Å²) in [5.41, 5.74) is 1.22. The van der Waals surface area contributed by atoms with Gasteiger partial charge in [-0.2, -0.15) is 5.10 Å². The Labute approximate surface area is 122 Å². The fraction of sp³-hybridized carbons (Fsp3) is 0.308. The van der Waals surface area contributed by atoms with Crippen molar-refractivity contribution >= 4 is 21.6 Å². The lowest BCUT2D eigenvalue weighted by atomic mass is 10.2. The van der Waals surface area contributed by atoms with Crippen molar-refractivity contribution in [3.05, 3.63) is 45.4 Å². The summed E-state index contributed by atoms with van der Waals surface area (Å²) in [5.74, 6) is -2.86. The molecule has 7 heteroatoms. The molecule has 0 spiro atoms. The summed E-state index contributed by atoms with van der Waals surface area (Å²) in [6, 6.07) is 1.28.